The molecule has 2 aliphatic carbocycles. The highest BCUT2D eigenvalue weighted by molar-refractivity contribution is 5.75. The molecule has 0 nitrogen and oxygen atoms in total. The predicted molar refractivity (Wildman–Crippen MR) is 97.4 cm³/mol. The normalized spacial score (nSPS) is 25.3. The van der Waals surface area contributed by atoms with Crippen LogP contribution in [0.25, 0.3) is 5.57 Å². The Balaban J connectivity index is 1.74. The van der Waals surface area contributed by atoms with E-state index >= 15 is 0 Å². The zero-order chi connectivity index (χ0) is 16.6. The standard InChI is InChI=1S/C22H29F/c1-15-5-7-17(8-6-15)18-10-12-21(16(2)13-18)19-9-11-20(14-19)22(3,4)23/h9-13,15,17H,5-8,14H2,1-4H3. The maximum atomic E-state index is 14.1. The van der Waals surface area contributed by atoms with Crippen LogP contribution >= 0.6 is 0 Å². The van der Waals surface area contributed by atoms with Crippen LogP contribution in [0.4, 0.5) is 4.39 Å². The van der Waals surface area contributed by atoms with Gasteiger partial charge in [-0.3, -0.25) is 0 Å². The van der Waals surface area contributed by atoms with Crippen molar-refractivity contribution in [3.63, 3.8) is 0 Å². The Morgan fingerprint density at radius 2 is 1.74 bits per heavy atom. The van der Waals surface area contributed by atoms with Crippen molar-refractivity contribution in [1.29, 1.82) is 0 Å². The number of rotatable bonds is 3. The van der Waals surface area contributed by atoms with E-state index in [9.17, 15) is 4.39 Å². The minimum atomic E-state index is -1.22. The molecule has 0 amide bonds. The van der Waals surface area contributed by atoms with Gasteiger partial charge in [0.2, 0.25) is 0 Å². The zero-order valence-electron chi connectivity index (χ0n) is 15.0. The van der Waals surface area contributed by atoms with Crippen LogP contribution in [0.15, 0.2) is 35.9 Å². The maximum absolute atomic E-state index is 14.1. The lowest BCUT2D eigenvalue weighted by Gasteiger charge is -2.27. The number of allylic oxidation sites excluding steroid dienone is 4. The summed E-state index contributed by atoms with van der Waals surface area (Å²) in [5.74, 6) is 1.62. The summed E-state index contributed by atoms with van der Waals surface area (Å²) in [6.45, 7) is 7.86. The van der Waals surface area contributed by atoms with Gasteiger partial charge in [0.05, 0.1) is 0 Å². The third kappa shape index (κ3) is 3.59. The van der Waals surface area contributed by atoms with E-state index in [-0.39, 0.29) is 0 Å². The van der Waals surface area contributed by atoms with E-state index in [4.69, 9.17) is 0 Å². The number of aryl methyl sites for hydroxylation is 1. The highest BCUT2D eigenvalue weighted by Gasteiger charge is 2.26. The van der Waals surface area contributed by atoms with Crippen LogP contribution in [0, 0.1) is 12.8 Å². The summed E-state index contributed by atoms with van der Waals surface area (Å²) in [5.41, 5.74) is 5.04. The smallest absolute Gasteiger partial charge is 0.127 e. The van der Waals surface area contributed by atoms with Gasteiger partial charge in [0.25, 0.3) is 0 Å². The molecule has 0 radical (unpaired) electrons. The molecule has 0 spiro atoms. The van der Waals surface area contributed by atoms with Gasteiger partial charge in [0, 0.05) is 0 Å². The van der Waals surface area contributed by atoms with E-state index in [1.54, 1.807) is 13.8 Å². The van der Waals surface area contributed by atoms with Gasteiger partial charge in [0.1, 0.15) is 5.67 Å². The fourth-order valence-electron chi connectivity index (χ4n) is 4.01. The molecule has 23 heavy (non-hydrogen) atoms. The molecule has 0 aliphatic heterocycles. The number of halogens is 1. The summed E-state index contributed by atoms with van der Waals surface area (Å²) in [7, 11) is 0. The number of alkyl halides is 1. The van der Waals surface area contributed by atoms with Crippen molar-refractivity contribution in [2.24, 2.45) is 5.92 Å². The van der Waals surface area contributed by atoms with Gasteiger partial charge < -0.3 is 0 Å². The summed E-state index contributed by atoms with van der Waals surface area (Å²) in [4.78, 5) is 0. The second-order valence-corrected chi connectivity index (χ2v) is 8.06. The van der Waals surface area contributed by atoms with Crippen molar-refractivity contribution in [2.75, 3.05) is 0 Å². The van der Waals surface area contributed by atoms with Crippen LogP contribution in [-0.2, 0) is 0 Å². The second-order valence-electron chi connectivity index (χ2n) is 8.06. The second kappa shape index (κ2) is 6.26. The van der Waals surface area contributed by atoms with Gasteiger partial charge in [0.15, 0.2) is 0 Å². The molecule has 0 unspecified atom stereocenters. The van der Waals surface area contributed by atoms with Crippen LogP contribution in [0.2, 0.25) is 0 Å². The van der Waals surface area contributed by atoms with E-state index in [0.29, 0.717) is 0 Å². The Kier molecular flexibility index (Phi) is 4.49. The molecule has 0 saturated heterocycles. The Labute approximate surface area is 140 Å². The molecule has 1 aromatic carbocycles. The number of hydrogen-bond donors (Lipinski definition) is 0. The number of hydrogen-bond acceptors (Lipinski definition) is 0. The lowest BCUT2D eigenvalue weighted by atomic mass is 9.78. The minimum Gasteiger partial charge on any atom is -0.240 e. The lowest BCUT2D eigenvalue weighted by molar-refractivity contribution is 0.266. The van der Waals surface area contributed by atoms with Gasteiger partial charge >= 0.3 is 0 Å². The topological polar surface area (TPSA) is 0 Å². The van der Waals surface area contributed by atoms with Gasteiger partial charge in [-0.05, 0) is 79.7 Å². The molecule has 1 aromatic rings. The van der Waals surface area contributed by atoms with Gasteiger partial charge in [-0.2, -0.15) is 0 Å². The molecule has 0 N–H and O–H groups in total. The van der Waals surface area contributed by atoms with Gasteiger partial charge in [-0.15, -0.1) is 0 Å². The van der Waals surface area contributed by atoms with E-state index in [2.05, 4.69) is 38.1 Å². The largest absolute Gasteiger partial charge is 0.240 e. The SMILES string of the molecule is Cc1cc(C2CCC(C)CC2)ccc1C1=CC=C(C(C)(C)F)C1. The summed E-state index contributed by atoms with van der Waals surface area (Å²) < 4.78 is 14.1. The minimum absolute atomic E-state index is 0.731. The first-order valence-corrected chi connectivity index (χ1v) is 9.04. The van der Waals surface area contributed by atoms with Crippen LogP contribution in [-0.4, -0.2) is 5.67 Å². The molecule has 2 aliphatic rings. The molecule has 0 heterocycles. The first kappa shape index (κ1) is 16.5. The lowest BCUT2D eigenvalue weighted by Crippen LogP contribution is -2.14. The quantitative estimate of drug-likeness (QED) is 0.579. The van der Waals surface area contributed by atoms with E-state index in [0.717, 1.165) is 23.8 Å². The molecule has 0 atom stereocenters. The van der Waals surface area contributed by atoms with Gasteiger partial charge in [-0.1, -0.05) is 50.1 Å². The average Bonchev–Trinajstić information content (AvgIpc) is 2.97. The molecular formula is C22H29F. The molecule has 0 aromatic heterocycles. The average molecular weight is 312 g/mol. The highest BCUT2D eigenvalue weighted by atomic mass is 19.1. The Hall–Kier alpha value is -1.37. The Morgan fingerprint density at radius 1 is 1.04 bits per heavy atom. The summed E-state index contributed by atoms with van der Waals surface area (Å²) in [5, 5.41) is 0. The fourth-order valence-corrected chi connectivity index (χ4v) is 4.01. The van der Waals surface area contributed by atoms with Crippen molar-refractivity contribution in [3.8, 4) is 0 Å². The highest BCUT2D eigenvalue weighted by Crippen LogP contribution is 2.39. The first-order valence-electron chi connectivity index (χ1n) is 9.04. The molecule has 1 heteroatoms. The fraction of sp³-hybridized carbons (Fsp3) is 0.545. The molecular weight excluding hydrogens is 283 g/mol. The molecule has 124 valence electrons. The van der Waals surface area contributed by atoms with Crippen LogP contribution in [0.1, 0.15) is 75.5 Å². The third-order valence-electron chi connectivity index (χ3n) is 5.71. The molecule has 1 saturated carbocycles. The van der Waals surface area contributed by atoms with Gasteiger partial charge in [-0.25, -0.2) is 4.39 Å². The third-order valence-corrected chi connectivity index (χ3v) is 5.71. The maximum Gasteiger partial charge on any atom is 0.127 e. The first-order chi connectivity index (χ1) is 10.8. The van der Waals surface area contributed by atoms with Crippen molar-refractivity contribution >= 4 is 5.57 Å². The van der Waals surface area contributed by atoms with Crippen LogP contribution in [0.3, 0.4) is 0 Å². The summed E-state index contributed by atoms with van der Waals surface area (Å²) in [6, 6.07) is 6.94. The summed E-state index contributed by atoms with van der Waals surface area (Å²) in [6.07, 6.45) is 10.2. The van der Waals surface area contributed by atoms with Crippen molar-refractivity contribution < 1.29 is 4.39 Å². The molecule has 3 rings (SSSR count). The van der Waals surface area contributed by atoms with E-state index in [1.807, 2.05) is 6.08 Å². The van der Waals surface area contributed by atoms with Crippen molar-refractivity contribution in [1.82, 2.24) is 0 Å². The number of benzene rings is 1. The zero-order valence-corrected chi connectivity index (χ0v) is 15.0. The monoisotopic (exact) mass is 312 g/mol. The van der Waals surface area contributed by atoms with Crippen molar-refractivity contribution in [2.45, 2.75) is 71.4 Å². The molecule has 0 bridgehead atoms. The Morgan fingerprint density at radius 3 is 2.30 bits per heavy atom. The van der Waals surface area contributed by atoms with E-state index < -0.39 is 5.67 Å². The van der Waals surface area contributed by atoms with Crippen LogP contribution in [0.5, 0.6) is 0 Å². The van der Waals surface area contributed by atoms with E-state index in [1.165, 1.54) is 47.9 Å². The summed E-state index contributed by atoms with van der Waals surface area (Å²) >= 11 is 0. The van der Waals surface area contributed by atoms with Crippen LogP contribution < -0.4 is 0 Å². The predicted octanol–water partition coefficient (Wildman–Crippen LogP) is 6.75. The molecule has 1 fully saturated rings. The Bertz CT molecular complexity index is 634. The van der Waals surface area contributed by atoms with Crippen molar-refractivity contribution in [3.05, 3.63) is 52.6 Å².